The highest BCUT2D eigenvalue weighted by atomic mass is 19.1. The van der Waals surface area contributed by atoms with Crippen molar-refractivity contribution in [1.29, 1.82) is 0 Å². The van der Waals surface area contributed by atoms with Crippen LogP contribution in [0.5, 0.6) is 0 Å². The monoisotopic (exact) mass is 299 g/mol. The first-order chi connectivity index (χ1) is 10.6. The summed E-state index contributed by atoms with van der Waals surface area (Å²) >= 11 is 0. The van der Waals surface area contributed by atoms with Gasteiger partial charge < -0.3 is 10.3 Å². The normalized spacial score (nSPS) is 12.5. The third kappa shape index (κ3) is 2.92. The number of nitrogens with zero attached hydrogens (tertiary/aromatic N) is 3. The van der Waals surface area contributed by atoms with Gasteiger partial charge in [-0.15, -0.1) is 0 Å². The Kier molecular flexibility index (Phi) is 4.02. The lowest BCUT2D eigenvalue weighted by Crippen LogP contribution is -2.19. The maximum atomic E-state index is 13.0. The van der Waals surface area contributed by atoms with Crippen LogP contribution in [0.2, 0.25) is 0 Å². The second kappa shape index (κ2) is 6.11. The summed E-state index contributed by atoms with van der Waals surface area (Å²) in [7, 11) is 0. The fourth-order valence-corrected chi connectivity index (χ4v) is 2.44. The van der Waals surface area contributed by atoms with Gasteiger partial charge in [-0.25, -0.2) is 14.1 Å². The summed E-state index contributed by atoms with van der Waals surface area (Å²) in [5.41, 5.74) is 2.99. The maximum Gasteiger partial charge on any atom is 0.123 e. The molecular formula is C16H18FN5. The Balaban J connectivity index is 1.76. The molecule has 0 amide bonds. The minimum atomic E-state index is -0.248. The molecule has 3 aromatic rings. The lowest BCUT2D eigenvalue weighted by Gasteiger charge is -2.13. The van der Waals surface area contributed by atoms with E-state index in [-0.39, 0.29) is 11.9 Å². The van der Waals surface area contributed by atoms with Crippen molar-refractivity contribution in [3.63, 3.8) is 0 Å². The van der Waals surface area contributed by atoms with Crippen LogP contribution in [-0.2, 0) is 6.54 Å². The summed E-state index contributed by atoms with van der Waals surface area (Å²) in [4.78, 5) is 7.26. The van der Waals surface area contributed by atoms with E-state index in [0.717, 1.165) is 22.8 Å². The molecule has 0 saturated heterocycles. The van der Waals surface area contributed by atoms with E-state index >= 15 is 0 Å². The molecule has 2 heterocycles. The van der Waals surface area contributed by atoms with Crippen molar-refractivity contribution in [1.82, 2.24) is 25.1 Å². The zero-order valence-corrected chi connectivity index (χ0v) is 12.5. The van der Waals surface area contributed by atoms with E-state index in [9.17, 15) is 4.39 Å². The smallest absolute Gasteiger partial charge is 0.123 e. The molecule has 1 aromatic carbocycles. The van der Waals surface area contributed by atoms with Gasteiger partial charge in [0.2, 0.25) is 0 Å². The van der Waals surface area contributed by atoms with E-state index in [4.69, 9.17) is 0 Å². The number of hydrogen-bond donors (Lipinski definition) is 2. The number of imidazole rings is 1. The fourth-order valence-electron chi connectivity index (χ4n) is 2.44. The molecule has 0 aliphatic carbocycles. The van der Waals surface area contributed by atoms with E-state index in [1.165, 1.54) is 12.1 Å². The van der Waals surface area contributed by atoms with Gasteiger partial charge in [-0.2, -0.15) is 5.10 Å². The maximum absolute atomic E-state index is 13.0. The standard InChI is InChI=1S/C16H18FN5/c1-11(20-10-16-18-7-8-19-16)15-9-21-22(12(15)2)14-5-3-13(17)4-6-14/h3-9,11,20H,10H2,1-2H3,(H,18,19). The lowest BCUT2D eigenvalue weighted by molar-refractivity contribution is 0.559. The number of nitrogens with one attached hydrogen (secondary N) is 2. The highest BCUT2D eigenvalue weighted by Crippen LogP contribution is 2.20. The Morgan fingerprint density at radius 2 is 2.09 bits per heavy atom. The van der Waals surface area contributed by atoms with Gasteiger partial charge in [0.15, 0.2) is 0 Å². The summed E-state index contributed by atoms with van der Waals surface area (Å²) in [6.07, 6.45) is 5.39. The van der Waals surface area contributed by atoms with Crippen molar-refractivity contribution in [2.24, 2.45) is 0 Å². The van der Waals surface area contributed by atoms with Crippen LogP contribution in [0.4, 0.5) is 4.39 Å². The number of H-pyrrole nitrogens is 1. The van der Waals surface area contributed by atoms with E-state index in [1.807, 2.05) is 17.8 Å². The molecule has 5 nitrogen and oxygen atoms in total. The predicted molar refractivity (Wildman–Crippen MR) is 82.1 cm³/mol. The van der Waals surface area contributed by atoms with Crippen LogP contribution < -0.4 is 5.32 Å². The second-order valence-corrected chi connectivity index (χ2v) is 5.21. The van der Waals surface area contributed by atoms with Crippen LogP contribution in [-0.4, -0.2) is 19.7 Å². The van der Waals surface area contributed by atoms with Crippen LogP contribution >= 0.6 is 0 Å². The van der Waals surface area contributed by atoms with E-state index in [0.29, 0.717) is 6.54 Å². The quantitative estimate of drug-likeness (QED) is 0.761. The molecule has 3 rings (SSSR count). The van der Waals surface area contributed by atoms with E-state index < -0.39 is 0 Å². The largest absolute Gasteiger partial charge is 0.348 e. The van der Waals surface area contributed by atoms with Gasteiger partial charge in [-0.05, 0) is 38.1 Å². The molecule has 0 radical (unpaired) electrons. The highest BCUT2D eigenvalue weighted by Gasteiger charge is 2.14. The van der Waals surface area contributed by atoms with Crippen molar-refractivity contribution < 1.29 is 4.39 Å². The first-order valence-electron chi connectivity index (χ1n) is 7.17. The van der Waals surface area contributed by atoms with Crippen molar-refractivity contribution in [2.45, 2.75) is 26.4 Å². The molecule has 22 heavy (non-hydrogen) atoms. The molecule has 6 heteroatoms. The predicted octanol–water partition coefficient (Wildman–Crippen LogP) is 2.89. The summed E-state index contributed by atoms with van der Waals surface area (Å²) in [5, 5.41) is 7.82. The minimum absolute atomic E-state index is 0.138. The van der Waals surface area contributed by atoms with Gasteiger partial charge in [-0.3, -0.25) is 0 Å². The molecular weight excluding hydrogens is 281 g/mol. The summed E-state index contributed by atoms with van der Waals surface area (Å²) in [6.45, 7) is 4.76. The Hall–Kier alpha value is -2.47. The Bertz CT molecular complexity index is 730. The van der Waals surface area contributed by atoms with Gasteiger partial charge in [0.25, 0.3) is 0 Å². The van der Waals surface area contributed by atoms with Gasteiger partial charge in [0, 0.05) is 29.7 Å². The number of aromatic amines is 1. The van der Waals surface area contributed by atoms with Crippen LogP contribution in [0.3, 0.4) is 0 Å². The molecule has 1 atom stereocenters. The lowest BCUT2D eigenvalue weighted by atomic mass is 10.1. The molecule has 114 valence electrons. The topological polar surface area (TPSA) is 58.5 Å². The molecule has 0 fully saturated rings. The SMILES string of the molecule is Cc1c(C(C)NCc2ncc[nH]2)cnn1-c1ccc(F)cc1. The van der Waals surface area contributed by atoms with Crippen molar-refractivity contribution in [3.8, 4) is 5.69 Å². The summed E-state index contributed by atoms with van der Waals surface area (Å²) < 4.78 is 14.8. The van der Waals surface area contributed by atoms with Gasteiger partial charge >= 0.3 is 0 Å². The third-order valence-electron chi connectivity index (χ3n) is 3.72. The number of hydrogen-bond acceptors (Lipinski definition) is 3. The van der Waals surface area contributed by atoms with Crippen molar-refractivity contribution in [3.05, 3.63) is 65.8 Å². The zero-order chi connectivity index (χ0) is 15.5. The molecule has 1 unspecified atom stereocenters. The number of halogens is 1. The van der Waals surface area contributed by atoms with Crippen LogP contribution in [0.15, 0.2) is 42.9 Å². The minimum Gasteiger partial charge on any atom is -0.348 e. The van der Waals surface area contributed by atoms with E-state index in [1.54, 1.807) is 24.5 Å². The van der Waals surface area contributed by atoms with Crippen molar-refractivity contribution in [2.75, 3.05) is 0 Å². The first kappa shape index (κ1) is 14.5. The van der Waals surface area contributed by atoms with Crippen LogP contribution in [0.1, 0.15) is 30.0 Å². The zero-order valence-electron chi connectivity index (χ0n) is 12.5. The number of rotatable bonds is 5. The summed E-state index contributed by atoms with van der Waals surface area (Å²) in [5.74, 6) is 0.651. The molecule has 0 bridgehead atoms. The molecule has 0 saturated carbocycles. The summed E-state index contributed by atoms with van der Waals surface area (Å²) in [6, 6.07) is 6.46. The molecule has 0 aliphatic rings. The number of benzene rings is 1. The van der Waals surface area contributed by atoms with E-state index in [2.05, 4.69) is 27.3 Å². The van der Waals surface area contributed by atoms with Crippen LogP contribution in [0, 0.1) is 12.7 Å². The highest BCUT2D eigenvalue weighted by molar-refractivity contribution is 5.35. The Morgan fingerprint density at radius 1 is 1.32 bits per heavy atom. The molecule has 2 aromatic heterocycles. The molecule has 2 N–H and O–H groups in total. The number of aromatic nitrogens is 4. The molecule has 0 aliphatic heterocycles. The third-order valence-corrected chi connectivity index (χ3v) is 3.72. The van der Waals surface area contributed by atoms with Gasteiger partial charge in [-0.1, -0.05) is 0 Å². The van der Waals surface area contributed by atoms with Gasteiger partial charge in [0.05, 0.1) is 18.4 Å². The fraction of sp³-hybridized carbons (Fsp3) is 0.250. The average molecular weight is 299 g/mol. The first-order valence-corrected chi connectivity index (χ1v) is 7.17. The molecule has 0 spiro atoms. The van der Waals surface area contributed by atoms with Crippen LogP contribution in [0.25, 0.3) is 5.69 Å². The average Bonchev–Trinajstić information content (AvgIpc) is 3.15. The Labute approximate surface area is 128 Å². The second-order valence-electron chi connectivity index (χ2n) is 5.21. The van der Waals surface area contributed by atoms with Crippen molar-refractivity contribution >= 4 is 0 Å². The van der Waals surface area contributed by atoms with Gasteiger partial charge in [0.1, 0.15) is 11.6 Å². The Morgan fingerprint density at radius 3 is 2.77 bits per heavy atom.